The minimum Gasteiger partial charge on any atom is -0.497 e. The maximum absolute atomic E-state index is 14.2. The summed E-state index contributed by atoms with van der Waals surface area (Å²) in [5.74, 6) is 0.712. The Morgan fingerprint density at radius 3 is 2.70 bits per heavy atom. The number of nitrogens with one attached hydrogen (secondary N) is 1. The van der Waals surface area contributed by atoms with E-state index in [2.05, 4.69) is 21.9 Å². The van der Waals surface area contributed by atoms with E-state index in [0.29, 0.717) is 22.6 Å². The fourth-order valence-electron chi connectivity index (χ4n) is 3.69. The molecular weight excluding hydrogens is 345 g/mol. The van der Waals surface area contributed by atoms with Crippen molar-refractivity contribution >= 4 is 10.9 Å². The fourth-order valence-corrected chi connectivity index (χ4v) is 3.69. The van der Waals surface area contributed by atoms with Crippen LogP contribution in [0.25, 0.3) is 22.3 Å². The Morgan fingerprint density at radius 2 is 1.96 bits per heavy atom. The number of H-pyrrole nitrogens is 1. The third kappa shape index (κ3) is 3.45. The molecule has 0 saturated carbocycles. The summed E-state index contributed by atoms with van der Waals surface area (Å²) in [7, 11) is 3.64. The van der Waals surface area contributed by atoms with Crippen LogP contribution in [0.5, 0.6) is 5.75 Å². The molecule has 0 unspecified atom stereocenters. The highest BCUT2D eigenvalue weighted by atomic mass is 19.1. The minimum atomic E-state index is -0.457. The van der Waals surface area contributed by atoms with Crippen molar-refractivity contribution in [3.05, 3.63) is 58.1 Å². The summed E-state index contributed by atoms with van der Waals surface area (Å²) in [5, 5.41) is 0.540. The van der Waals surface area contributed by atoms with Gasteiger partial charge in [0.05, 0.1) is 23.6 Å². The Bertz CT molecular complexity index is 1040. The van der Waals surface area contributed by atoms with Crippen LogP contribution in [0.4, 0.5) is 4.39 Å². The lowest BCUT2D eigenvalue weighted by Gasteiger charge is -2.29. The summed E-state index contributed by atoms with van der Waals surface area (Å²) in [6.07, 6.45) is 2.17. The van der Waals surface area contributed by atoms with Gasteiger partial charge in [-0.25, -0.2) is 9.37 Å². The first-order valence-electron chi connectivity index (χ1n) is 9.11. The number of piperidine rings is 1. The lowest BCUT2D eigenvalue weighted by atomic mass is 9.89. The van der Waals surface area contributed by atoms with Crippen molar-refractivity contribution in [2.24, 2.45) is 0 Å². The first-order valence-corrected chi connectivity index (χ1v) is 9.11. The van der Waals surface area contributed by atoms with Crippen LogP contribution in [0.2, 0.25) is 0 Å². The van der Waals surface area contributed by atoms with E-state index in [0.717, 1.165) is 25.9 Å². The third-order valence-corrected chi connectivity index (χ3v) is 5.35. The highest BCUT2D eigenvalue weighted by Crippen LogP contribution is 2.29. The van der Waals surface area contributed by atoms with Gasteiger partial charge in [-0.3, -0.25) is 4.79 Å². The molecule has 0 amide bonds. The molecule has 6 heteroatoms. The van der Waals surface area contributed by atoms with Crippen molar-refractivity contribution in [2.75, 3.05) is 27.2 Å². The number of methoxy groups -OCH3 is 1. The number of hydrogen-bond donors (Lipinski definition) is 1. The number of fused-ring (bicyclic) bond motifs is 1. The predicted octanol–water partition coefficient (Wildman–Crippen LogP) is 3.55. The fraction of sp³-hybridized carbons (Fsp3) is 0.333. The van der Waals surface area contributed by atoms with E-state index in [-0.39, 0.29) is 16.9 Å². The van der Waals surface area contributed by atoms with Gasteiger partial charge < -0.3 is 14.6 Å². The normalized spacial score (nSPS) is 16.0. The quantitative estimate of drug-likeness (QED) is 0.769. The van der Waals surface area contributed by atoms with Gasteiger partial charge in [0.1, 0.15) is 17.4 Å². The van der Waals surface area contributed by atoms with Crippen molar-refractivity contribution in [1.29, 1.82) is 0 Å². The molecule has 0 atom stereocenters. The molecule has 1 N–H and O–H groups in total. The Hall–Kier alpha value is -2.73. The van der Waals surface area contributed by atoms with Crippen molar-refractivity contribution in [1.82, 2.24) is 14.9 Å². The lowest BCUT2D eigenvalue weighted by molar-refractivity contribution is 0.255. The number of halogens is 1. The topological polar surface area (TPSA) is 58.2 Å². The molecule has 5 nitrogen and oxygen atoms in total. The molecule has 4 rings (SSSR count). The maximum atomic E-state index is 14.2. The minimum absolute atomic E-state index is 0.205. The van der Waals surface area contributed by atoms with Gasteiger partial charge in [-0.05, 0) is 74.8 Å². The van der Waals surface area contributed by atoms with Crippen LogP contribution in [0.15, 0.2) is 41.2 Å². The summed E-state index contributed by atoms with van der Waals surface area (Å²) >= 11 is 0. The lowest BCUT2D eigenvalue weighted by Crippen LogP contribution is -2.29. The number of aromatic nitrogens is 2. The van der Waals surface area contributed by atoms with Crippen LogP contribution >= 0.6 is 0 Å². The van der Waals surface area contributed by atoms with Crippen LogP contribution in [0.1, 0.15) is 24.3 Å². The summed E-state index contributed by atoms with van der Waals surface area (Å²) in [5.41, 5.74) is 1.69. The van der Waals surface area contributed by atoms with Crippen molar-refractivity contribution in [3.8, 4) is 17.1 Å². The summed E-state index contributed by atoms with van der Waals surface area (Å²) in [6.45, 7) is 2.12. The van der Waals surface area contributed by atoms with Crippen molar-refractivity contribution in [2.45, 2.75) is 18.8 Å². The molecule has 0 radical (unpaired) electrons. The average molecular weight is 367 g/mol. The van der Waals surface area contributed by atoms with Gasteiger partial charge in [0, 0.05) is 0 Å². The first kappa shape index (κ1) is 17.7. The number of aromatic amines is 1. The molecule has 0 bridgehead atoms. The van der Waals surface area contributed by atoms with Crippen molar-refractivity contribution < 1.29 is 9.13 Å². The summed E-state index contributed by atoms with van der Waals surface area (Å²) < 4.78 is 19.4. The number of likely N-dealkylation sites (tertiary alicyclic amines) is 1. The van der Waals surface area contributed by atoms with E-state index in [9.17, 15) is 9.18 Å². The third-order valence-electron chi connectivity index (χ3n) is 5.35. The smallest absolute Gasteiger partial charge is 0.259 e. The summed E-state index contributed by atoms with van der Waals surface area (Å²) in [6, 6.07) is 10.2. The Balaban J connectivity index is 1.75. The second-order valence-corrected chi connectivity index (χ2v) is 7.11. The molecule has 1 aromatic heterocycles. The van der Waals surface area contributed by atoms with Gasteiger partial charge in [-0.2, -0.15) is 0 Å². The molecule has 1 aliphatic rings. The Kier molecular flexibility index (Phi) is 4.66. The molecular formula is C21H22FN3O2. The van der Waals surface area contributed by atoms with Crippen LogP contribution in [-0.4, -0.2) is 42.1 Å². The van der Waals surface area contributed by atoms with Crippen LogP contribution < -0.4 is 10.3 Å². The number of ether oxygens (including phenoxy) is 1. The van der Waals surface area contributed by atoms with Crippen LogP contribution in [0.3, 0.4) is 0 Å². The number of rotatable bonds is 3. The zero-order chi connectivity index (χ0) is 19.0. The Labute approximate surface area is 156 Å². The van der Waals surface area contributed by atoms with E-state index in [1.807, 2.05) is 18.2 Å². The van der Waals surface area contributed by atoms with Gasteiger partial charge in [-0.1, -0.05) is 6.07 Å². The highest BCUT2D eigenvalue weighted by molar-refractivity contribution is 5.80. The van der Waals surface area contributed by atoms with Gasteiger partial charge in [0.2, 0.25) is 0 Å². The van der Waals surface area contributed by atoms with Gasteiger partial charge in [0.25, 0.3) is 5.56 Å². The molecule has 1 saturated heterocycles. The second kappa shape index (κ2) is 7.12. The van der Waals surface area contributed by atoms with Gasteiger partial charge in [0.15, 0.2) is 0 Å². The standard InChI is InChI=1S/C21H22FN3O2/c1-25-9-7-13(8-10-25)14-3-6-19-17(11-14)21(26)24-20(23-19)16-12-15(27-2)4-5-18(16)22/h3-6,11-13H,7-10H2,1-2H3,(H,23,24,26). The van der Waals surface area contributed by atoms with E-state index in [4.69, 9.17) is 4.74 Å². The second-order valence-electron chi connectivity index (χ2n) is 7.11. The average Bonchev–Trinajstić information content (AvgIpc) is 2.69. The van der Waals surface area contributed by atoms with Crippen LogP contribution in [0, 0.1) is 5.82 Å². The van der Waals surface area contributed by atoms with E-state index >= 15 is 0 Å². The van der Waals surface area contributed by atoms with Crippen LogP contribution in [-0.2, 0) is 0 Å². The highest BCUT2D eigenvalue weighted by Gasteiger charge is 2.19. The molecule has 1 aliphatic heterocycles. The predicted molar refractivity (Wildman–Crippen MR) is 104 cm³/mol. The van der Waals surface area contributed by atoms with E-state index in [1.54, 1.807) is 0 Å². The molecule has 0 aliphatic carbocycles. The number of nitrogens with zero attached hydrogens (tertiary/aromatic N) is 2. The molecule has 2 heterocycles. The zero-order valence-electron chi connectivity index (χ0n) is 15.5. The molecule has 1 fully saturated rings. The molecule has 27 heavy (non-hydrogen) atoms. The van der Waals surface area contributed by atoms with E-state index in [1.165, 1.54) is 30.9 Å². The van der Waals surface area contributed by atoms with Gasteiger partial charge >= 0.3 is 0 Å². The first-order chi connectivity index (χ1) is 13.0. The maximum Gasteiger partial charge on any atom is 0.259 e. The Morgan fingerprint density at radius 1 is 1.19 bits per heavy atom. The monoisotopic (exact) mass is 367 g/mol. The molecule has 140 valence electrons. The SMILES string of the molecule is COc1ccc(F)c(-c2nc3ccc(C4CCN(C)CC4)cc3c(=O)[nH]2)c1. The number of benzene rings is 2. The molecule has 3 aromatic rings. The largest absolute Gasteiger partial charge is 0.497 e. The van der Waals surface area contributed by atoms with Gasteiger partial charge in [-0.15, -0.1) is 0 Å². The van der Waals surface area contributed by atoms with Crippen molar-refractivity contribution in [3.63, 3.8) is 0 Å². The van der Waals surface area contributed by atoms with E-state index < -0.39 is 5.82 Å². The zero-order valence-corrected chi connectivity index (χ0v) is 15.5. The number of hydrogen-bond acceptors (Lipinski definition) is 4. The summed E-state index contributed by atoms with van der Waals surface area (Å²) in [4.78, 5) is 22.2. The molecule has 0 spiro atoms. The molecule has 2 aromatic carbocycles.